The van der Waals surface area contributed by atoms with Crippen LogP contribution in [-0.2, 0) is 30.7 Å². The van der Waals surface area contributed by atoms with Crippen molar-refractivity contribution < 1.29 is 50.5 Å². The molecule has 0 saturated heterocycles. The highest BCUT2D eigenvalue weighted by Gasteiger charge is 2.42. The molecular weight excluding hydrogens is 691 g/mol. The minimum atomic E-state index is -4.72. The summed E-state index contributed by atoms with van der Waals surface area (Å²) in [4.78, 5) is 29.4. The highest BCUT2D eigenvalue weighted by atomic mass is 32.2. The SMILES string of the molecule is COc1ccc2c(c1)[C@@H]1C[C@H]2COCC=CC[C@H](N(C)S(=O)(=O)CCC(F)(F)F)C(=O)N[C@@H](Cc2ccccc2)[C@H](O)CN1C(=O)OC(C)(C)C. The van der Waals surface area contributed by atoms with Crippen molar-refractivity contribution in [2.45, 2.75) is 88.4 Å². The molecule has 15 heteroatoms. The summed E-state index contributed by atoms with van der Waals surface area (Å²) in [6, 6.07) is 11.5. The van der Waals surface area contributed by atoms with E-state index in [2.05, 4.69) is 5.32 Å². The summed E-state index contributed by atoms with van der Waals surface area (Å²) < 4.78 is 83.1. The first-order chi connectivity index (χ1) is 23.9. The third-order valence-corrected chi connectivity index (χ3v) is 10.8. The predicted octanol–water partition coefficient (Wildman–Crippen LogP) is 5.11. The molecule has 1 aliphatic heterocycles. The fourth-order valence-corrected chi connectivity index (χ4v) is 7.65. The van der Waals surface area contributed by atoms with Gasteiger partial charge in [0.25, 0.3) is 0 Å². The lowest BCUT2D eigenvalue weighted by atomic mass is 9.99. The molecule has 4 rings (SSSR count). The van der Waals surface area contributed by atoms with E-state index in [0.29, 0.717) is 16.5 Å². The number of nitrogens with zero attached hydrogens (tertiary/aromatic N) is 2. The molecule has 1 heterocycles. The summed E-state index contributed by atoms with van der Waals surface area (Å²) in [5.41, 5.74) is 1.60. The summed E-state index contributed by atoms with van der Waals surface area (Å²) in [5.74, 6) is -1.63. The van der Waals surface area contributed by atoms with Crippen LogP contribution in [0.5, 0.6) is 5.75 Å². The number of carbonyl (C=O) groups excluding carboxylic acids is 2. The fourth-order valence-electron chi connectivity index (χ4n) is 6.30. The first-order valence-corrected chi connectivity index (χ1v) is 18.4. The summed E-state index contributed by atoms with van der Waals surface area (Å²) >= 11 is 0. The summed E-state index contributed by atoms with van der Waals surface area (Å²) in [6.45, 7) is 5.27. The maximum Gasteiger partial charge on any atom is 0.410 e. The molecule has 2 aliphatic rings. The molecule has 11 nitrogen and oxygen atoms in total. The van der Waals surface area contributed by atoms with Gasteiger partial charge in [0.15, 0.2) is 0 Å². The number of likely N-dealkylation sites (N-methyl/N-ethyl adjacent to an activating group) is 1. The van der Waals surface area contributed by atoms with Crippen molar-refractivity contribution in [1.29, 1.82) is 0 Å². The molecule has 5 atom stereocenters. The molecule has 51 heavy (non-hydrogen) atoms. The van der Waals surface area contributed by atoms with Crippen LogP contribution in [0.1, 0.15) is 68.7 Å². The Hall–Kier alpha value is -3.66. The van der Waals surface area contributed by atoms with Crippen LogP contribution in [-0.4, -0.2) is 104 Å². The Morgan fingerprint density at radius 2 is 1.80 bits per heavy atom. The maximum atomic E-state index is 14.0. The molecule has 0 fully saturated rings. The Kier molecular flexibility index (Phi) is 13.2. The van der Waals surface area contributed by atoms with Crippen LogP contribution in [0.3, 0.4) is 0 Å². The van der Waals surface area contributed by atoms with Crippen molar-refractivity contribution >= 4 is 22.0 Å². The van der Waals surface area contributed by atoms with Crippen LogP contribution >= 0.6 is 0 Å². The molecule has 0 aromatic heterocycles. The van der Waals surface area contributed by atoms with Gasteiger partial charge in [-0.15, -0.1) is 0 Å². The van der Waals surface area contributed by atoms with Gasteiger partial charge >= 0.3 is 12.3 Å². The summed E-state index contributed by atoms with van der Waals surface area (Å²) in [5, 5.41) is 14.7. The van der Waals surface area contributed by atoms with E-state index < -0.39 is 70.2 Å². The van der Waals surface area contributed by atoms with Crippen molar-refractivity contribution in [2.75, 3.05) is 39.7 Å². The third-order valence-electron chi connectivity index (χ3n) is 8.96. The fraction of sp³-hybridized carbons (Fsp3) is 0.556. The van der Waals surface area contributed by atoms with Gasteiger partial charge in [-0.05, 0) is 68.9 Å². The number of carbonyl (C=O) groups is 2. The number of aliphatic hydroxyl groups is 1. The Morgan fingerprint density at radius 1 is 1.10 bits per heavy atom. The van der Waals surface area contributed by atoms with Gasteiger partial charge in [-0.3, -0.25) is 9.69 Å². The number of fused-ring (bicyclic) bond motifs is 5. The first kappa shape index (κ1) is 40.1. The van der Waals surface area contributed by atoms with Crippen molar-refractivity contribution in [2.24, 2.45) is 0 Å². The Morgan fingerprint density at radius 3 is 2.45 bits per heavy atom. The van der Waals surface area contributed by atoms with Gasteiger partial charge in [-0.1, -0.05) is 48.6 Å². The standard InChI is InChI=1S/C36H48F3N3O8S/c1-35(2,3)50-34(45)42-22-32(43)29(19-24-11-7-6-8-12-24)40-33(44)30(41(4)51(46,47)18-16-36(37,38)39)13-9-10-17-49-23-25-20-31(42)28-21-26(48-5)14-15-27(25)28/h6-12,14-15,21,25,29-32,43H,13,16-20,22-23H2,1-5H3,(H,40,44)/t25-,29-,30-,31-,32+/m0/s1. The van der Waals surface area contributed by atoms with E-state index in [9.17, 15) is 36.3 Å². The zero-order valence-corrected chi connectivity index (χ0v) is 30.4. The normalized spacial score (nSPS) is 23.8. The van der Waals surface area contributed by atoms with Crippen LogP contribution < -0.4 is 10.1 Å². The van der Waals surface area contributed by atoms with Gasteiger partial charge in [0, 0.05) is 13.0 Å². The number of hydrogen-bond acceptors (Lipinski definition) is 8. The zero-order valence-electron chi connectivity index (χ0n) is 29.6. The molecule has 1 aliphatic carbocycles. The second-order valence-electron chi connectivity index (χ2n) is 13.9. The number of β-amino-alcohol motifs (C(OH)–C–C–N with tert-alkyl or cyclic N) is 1. The van der Waals surface area contributed by atoms with Gasteiger partial charge in [0.1, 0.15) is 17.4 Å². The molecule has 2 aromatic carbocycles. The Labute approximate surface area is 297 Å². The topological polar surface area (TPSA) is 135 Å². The predicted molar refractivity (Wildman–Crippen MR) is 185 cm³/mol. The quantitative estimate of drug-likeness (QED) is 0.375. The molecule has 0 spiro atoms. The lowest BCUT2D eigenvalue weighted by Crippen LogP contribution is -2.56. The second-order valence-corrected chi connectivity index (χ2v) is 16.1. The van der Waals surface area contributed by atoms with Gasteiger partial charge in [-0.2, -0.15) is 17.5 Å². The molecule has 2 aromatic rings. The van der Waals surface area contributed by atoms with Crippen LogP contribution in [0.2, 0.25) is 0 Å². The Balaban J connectivity index is 1.77. The Bertz CT molecular complexity index is 1630. The first-order valence-electron chi connectivity index (χ1n) is 16.8. The van der Waals surface area contributed by atoms with Crippen molar-refractivity contribution in [1.82, 2.24) is 14.5 Å². The number of aliphatic hydroxyl groups excluding tert-OH is 1. The van der Waals surface area contributed by atoms with E-state index in [4.69, 9.17) is 14.2 Å². The number of halogens is 3. The number of ether oxygens (including phenoxy) is 3. The van der Waals surface area contributed by atoms with Gasteiger partial charge in [0.05, 0.1) is 57.2 Å². The minimum Gasteiger partial charge on any atom is -0.497 e. The molecule has 2 bridgehead atoms. The average molecular weight is 740 g/mol. The van der Waals surface area contributed by atoms with Crippen molar-refractivity contribution in [3.63, 3.8) is 0 Å². The number of rotatable bonds is 7. The van der Waals surface area contributed by atoms with E-state index >= 15 is 0 Å². The van der Waals surface area contributed by atoms with Crippen LogP contribution in [0, 0.1) is 0 Å². The molecule has 282 valence electrons. The number of sulfonamides is 1. The van der Waals surface area contributed by atoms with E-state index in [1.807, 2.05) is 18.2 Å². The minimum absolute atomic E-state index is 0.0918. The number of amides is 2. The van der Waals surface area contributed by atoms with E-state index in [1.54, 1.807) is 70.4 Å². The number of alkyl halides is 3. The highest BCUT2D eigenvalue weighted by molar-refractivity contribution is 7.89. The molecule has 2 N–H and O–H groups in total. The molecule has 0 radical (unpaired) electrons. The van der Waals surface area contributed by atoms with E-state index in [0.717, 1.165) is 23.7 Å². The number of methoxy groups -OCH3 is 1. The molecular formula is C36H48F3N3O8S. The van der Waals surface area contributed by atoms with Crippen molar-refractivity contribution in [3.8, 4) is 5.75 Å². The third kappa shape index (κ3) is 11.2. The number of benzene rings is 2. The van der Waals surface area contributed by atoms with Gasteiger partial charge < -0.3 is 24.6 Å². The zero-order chi connectivity index (χ0) is 37.6. The van der Waals surface area contributed by atoms with Crippen LogP contribution in [0.15, 0.2) is 60.7 Å². The molecule has 2 amide bonds. The van der Waals surface area contributed by atoms with Crippen LogP contribution in [0.25, 0.3) is 0 Å². The van der Waals surface area contributed by atoms with Gasteiger partial charge in [-0.25, -0.2) is 13.2 Å². The highest BCUT2D eigenvalue weighted by Crippen LogP contribution is 2.45. The lowest BCUT2D eigenvalue weighted by molar-refractivity contribution is -0.130. The van der Waals surface area contributed by atoms with Crippen molar-refractivity contribution in [3.05, 3.63) is 77.4 Å². The molecule has 0 saturated carbocycles. The van der Waals surface area contributed by atoms with Gasteiger partial charge in [0.2, 0.25) is 15.9 Å². The number of hydrogen-bond donors (Lipinski definition) is 2. The molecule has 0 unspecified atom stereocenters. The number of nitrogens with one attached hydrogen (secondary N) is 1. The average Bonchev–Trinajstić information content (AvgIpc) is 3.41. The second kappa shape index (κ2) is 16.8. The lowest BCUT2D eigenvalue weighted by Gasteiger charge is -2.36. The van der Waals surface area contributed by atoms with Crippen LogP contribution in [0.4, 0.5) is 18.0 Å². The summed E-state index contributed by atoms with van der Waals surface area (Å²) in [6.07, 6.45) is -4.85. The largest absolute Gasteiger partial charge is 0.497 e. The maximum absolute atomic E-state index is 14.0. The van der Waals surface area contributed by atoms with E-state index in [-0.39, 0.29) is 38.5 Å². The monoisotopic (exact) mass is 739 g/mol. The smallest absolute Gasteiger partial charge is 0.410 e. The van der Waals surface area contributed by atoms with E-state index in [1.165, 1.54) is 4.90 Å². The summed E-state index contributed by atoms with van der Waals surface area (Å²) in [7, 11) is -1.94.